The highest BCUT2D eigenvalue weighted by Gasteiger charge is 2.31. The van der Waals surface area contributed by atoms with E-state index in [1.54, 1.807) is 7.05 Å². The minimum Gasteiger partial charge on any atom is -0.399 e. The molecule has 1 aliphatic carbocycles. The summed E-state index contributed by atoms with van der Waals surface area (Å²) in [6.07, 6.45) is 5.97. The molecule has 21 heavy (non-hydrogen) atoms. The maximum atomic E-state index is 14.2. The van der Waals surface area contributed by atoms with E-state index in [2.05, 4.69) is 0 Å². The Bertz CT molecular complexity index is 608. The Kier molecular flexibility index (Phi) is 4.88. The molecule has 6 heteroatoms. The van der Waals surface area contributed by atoms with Crippen LogP contribution in [0.15, 0.2) is 17.0 Å². The molecule has 1 aliphatic rings. The van der Waals surface area contributed by atoms with E-state index in [1.807, 2.05) is 0 Å². The summed E-state index contributed by atoms with van der Waals surface area (Å²) in [5.41, 5.74) is 6.20. The van der Waals surface area contributed by atoms with Gasteiger partial charge in [-0.15, -0.1) is 0 Å². The molecular weight excluding hydrogens is 291 g/mol. The molecular formula is C15H23FN2O2S. The third-order valence-electron chi connectivity index (χ3n) is 4.24. The number of nitrogens with two attached hydrogens (primary N) is 1. The van der Waals surface area contributed by atoms with Gasteiger partial charge in [-0.05, 0) is 37.5 Å². The van der Waals surface area contributed by atoms with Gasteiger partial charge in [0, 0.05) is 18.8 Å². The largest absolute Gasteiger partial charge is 0.399 e. The summed E-state index contributed by atoms with van der Waals surface area (Å²) in [7, 11) is -2.31. The number of benzene rings is 1. The maximum Gasteiger partial charge on any atom is 0.246 e. The Morgan fingerprint density at radius 3 is 2.33 bits per heavy atom. The second-order valence-electron chi connectivity index (χ2n) is 5.82. The number of halogens is 1. The van der Waals surface area contributed by atoms with Gasteiger partial charge in [0.1, 0.15) is 10.7 Å². The lowest BCUT2D eigenvalue weighted by molar-refractivity contribution is 0.334. The van der Waals surface area contributed by atoms with E-state index in [0.29, 0.717) is 0 Å². The van der Waals surface area contributed by atoms with Crippen LogP contribution >= 0.6 is 0 Å². The topological polar surface area (TPSA) is 63.4 Å². The lowest BCUT2D eigenvalue weighted by Gasteiger charge is -2.27. The van der Waals surface area contributed by atoms with Crippen LogP contribution in [0.2, 0.25) is 0 Å². The number of hydrogen-bond acceptors (Lipinski definition) is 3. The van der Waals surface area contributed by atoms with Crippen molar-refractivity contribution in [1.82, 2.24) is 4.31 Å². The van der Waals surface area contributed by atoms with Crippen LogP contribution < -0.4 is 5.73 Å². The Morgan fingerprint density at radius 1 is 1.19 bits per heavy atom. The molecule has 1 saturated carbocycles. The number of nitrogens with zero attached hydrogens (tertiary/aromatic N) is 1. The standard InChI is InChI=1S/C15H23FN2O2S/c1-11-9-12(17)10-14(15(11)16)21(19,20)18(2)13-7-5-3-4-6-8-13/h9-10,13H,3-8,17H2,1-2H3. The SMILES string of the molecule is Cc1cc(N)cc(S(=O)(=O)N(C)C2CCCCCC2)c1F. The van der Waals surface area contributed by atoms with E-state index in [1.165, 1.54) is 23.4 Å². The van der Waals surface area contributed by atoms with E-state index in [-0.39, 0.29) is 22.2 Å². The van der Waals surface area contributed by atoms with Crippen LogP contribution in [0.4, 0.5) is 10.1 Å². The first kappa shape index (κ1) is 16.2. The Morgan fingerprint density at radius 2 is 1.76 bits per heavy atom. The molecule has 0 aromatic heterocycles. The average molecular weight is 314 g/mol. The smallest absolute Gasteiger partial charge is 0.246 e. The van der Waals surface area contributed by atoms with Gasteiger partial charge in [-0.2, -0.15) is 4.31 Å². The molecule has 0 saturated heterocycles. The molecule has 0 radical (unpaired) electrons. The molecule has 1 fully saturated rings. The molecule has 0 heterocycles. The highest BCUT2D eigenvalue weighted by molar-refractivity contribution is 7.89. The first-order chi connectivity index (χ1) is 9.84. The quantitative estimate of drug-likeness (QED) is 0.689. The van der Waals surface area contributed by atoms with Crippen molar-refractivity contribution in [2.24, 2.45) is 0 Å². The van der Waals surface area contributed by atoms with Crippen molar-refractivity contribution in [3.8, 4) is 0 Å². The lowest BCUT2D eigenvalue weighted by Crippen LogP contribution is -2.37. The van der Waals surface area contributed by atoms with Crippen LogP contribution in [0.5, 0.6) is 0 Å². The average Bonchev–Trinajstić information content (AvgIpc) is 2.70. The van der Waals surface area contributed by atoms with Crippen LogP contribution in [-0.2, 0) is 10.0 Å². The highest BCUT2D eigenvalue weighted by Crippen LogP contribution is 2.29. The molecule has 0 atom stereocenters. The van der Waals surface area contributed by atoms with E-state index in [0.717, 1.165) is 38.5 Å². The molecule has 1 aromatic carbocycles. The molecule has 1 aromatic rings. The molecule has 2 rings (SSSR count). The van der Waals surface area contributed by atoms with Crippen molar-refractivity contribution in [3.63, 3.8) is 0 Å². The number of anilines is 1. The third-order valence-corrected chi connectivity index (χ3v) is 6.15. The summed E-state index contributed by atoms with van der Waals surface area (Å²) in [5, 5.41) is 0. The summed E-state index contributed by atoms with van der Waals surface area (Å²) in [6, 6.07) is 2.60. The van der Waals surface area contributed by atoms with Gasteiger partial charge >= 0.3 is 0 Å². The molecule has 0 aliphatic heterocycles. The second-order valence-corrected chi connectivity index (χ2v) is 7.78. The zero-order chi connectivity index (χ0) is 15.6. The number of nitrogen functional groups attached to an aromatic ring is 1. The van der Waals surface area contributed by atoms with Gasteiger partial charge in [0.05, 0.1) is 0 Å². The number of aryl methyl sites for hydroxylation is 1. The zero-order valence-electron chi connectivity index (χ0n) is 12.6. The fourth-order valence-electron chi connectivity index (χ4n) is 2.92. The number of sulfonamides is 1. The van der Waals surface area contributed by atoms with Gasteiger partial charge < -0.3 is 5.73 Å². The highest BCUT2D eigenvalue weighted by atomic mass is 32.2. The van der Waals surface area contributed by atoms with Crippen LogP contribution in [-0.4, -0.2) is 25.8 Å². The van der Waals surface area contributed by atoms with Gasteiger partial charge in [-0.3, -0.25) is 0 Å². The van der Waals surface area contributed by atoms with Crippen LogP contribution in [0, 0.1) is 12.7 Å². The molecule has 0 spiro atoms. The van der Waals surface area contributed by atoms with Crippen LogP contribution in [0.25, 0.3) is 0 Å². The van der Waals surface area contributed by atoms with E-state index in [4.69, 9.17) is 5.73 Å². The van der Waals surface area contributed by atoms with Gasteiger partial charge in [0.2, 0.25) is 10.0 Å². The van der Waals surface area contributed by atoms with Crippen molar-refractivity contribution in [3.05, 3.63) is 23.5 Å². The van der Waals surface area contributed by atoms with Crippen molar-refractivity contribution in [2.45, 2.75) is 56.4 Å². The van der Waals surface area contributed by atoms with E-state index >= 15 is 0 Å². The lowest BCUT2D eigenvalue weighted by atomic mass is 10.1. The summed E-state index contributed by atoms with van der Waals surface area (Å²) in [5.74, 6) is -0.704. The van der Waals surface area contributed by atoms with Gasteiger partial charge in [0.25, 0.3) is 0 Å². The third kappa shape index (κ3) is 3.37. The molecule has 4 nitrogen and oxygen atoms in total. The number of hydrogen-bond donors (Lipinski definition) is 1. The predicted molar refractivity (Wildman–Crippen MR) is 82.0 cm³/mol. The van der Waals surface area contributed by atoms with Crippen LogP contribution in [0.1, 0.15) is 44.1 Å². The zero-order valence-corrected chi connectivity index (χ0v) is 13.4. The first-order valence-corrected chi connectivity index (χ1v) is 8.81. The Labute approximate surface area is 126 Å². The van der Waals surface area contributed by atoms with E-state index in [9.17, 15) is 12.8 Å². The fourth-order valence-corrected chi connectivity index (χ4v) is 4.51. The minimum absolute atomic E-state index is 0.0568. The van der Waals surface area contributed by atoms with Crippen molar-refractivity contribution >= 4 is 15.7 Å². The molecule has 118 valence electrons. The van der Waals surface area contributed by atoms with Crippen molar-refractivity contribution in [1.29, 1.82) is 0 Å². The fraction of sp³-hybridized carbons (Fsp3) is 0.600. The maximum absolute atomic E-state index is 14.2. The first-order valence-electron chi connectivity index (χ1n) is 7.37. The van der Waals surface area contributed by atoms with Crippen molar-refractivity contribution in [2.75, 3.05) is 12.8 Å². The summed E-state index contributed by atoms with van der Waals surface area (Å²) < 4.78 is 41.0. The summed E-state index contributed by atoms with van der Waals surface area (Å²) in [4.78, 5) is -0.313. The minimum atomic E-state index is -3.85. The Balaban J connectivity index is 2.37. The summed E-state index contributed by atoms with van der Waals surface area (Å²) >= 11 is 0. The van der Waals surface area contributed by atoms with Gasteiger partial charge in [-0.1, -0.05) is 25.7 Å². The Hall–Kier alpha value is -1.14. The van der Waals surface area contributed by atoms with Crippen molar-refractivity contribution < 1.29 is 12.8 Å². The number of rotatable bonds is 3. The predicted octanol–water partition coefficient (Wildman–Crippen LogP) is 3.06. The molecule has 0 bridgehead atoms. The van der Waals surface area contributed by atoms with E-state index < -0.39 is 15.8 Å². The molecule has 0 unspecified atom stereocenters. The molecule has 2 N–H and O–H groups in total. The van der Waals surface area contributed by atoms with Gasteiger partial charge in [-0.25, -0.2) is 12.8 Å². The monoisotopic (exact) mass is 314 g/mol. The van der Waals surface area contributed by atoms with Gasteiger partial charge in [0.15, 0.2) is 0 Å². The second kappa shape index (κ2) is 6.32. The molecule has 0 amide bonds. The van der Waals surface area contributed by atoms with Crippen LogP contribution in [0.3, 0.4) is 0 Å². The normalized spacial score (nSPS) is 17.9. The summed E-state index contributed by atoms with van der Waals surface area (Å²) in [6.45, 7) is 1.52.